The number of ether oxygens (including phenoxy) is 1. The predicted molar refractivity (Wildman–Crippen MR) is 123 cm³/mol. The van der Waals surface area contributed by atoms with Gasteiger partial charge in [-0.15, -0.1) is 0 Å². The van der Waals surface area contributed by atoms with Crippen LogP contribution < -0.4 is 4.90 Å². The lowest BCUT2D eigenvalue weighted by Crippen LogP contribution is -2.41. The second-order valence-electron chi connectivity index (χ2n) is 8.78. The molecule has 1 atom stereocenters. The molecule has 0 aliphatic carbocycles. The van der Waals surface area contributed by atoms with Crippen LogP contribution in [0.3, 0.4) is 0 Å². The van der Waals surface area contributed by atoms with Crippen molar-refractivity contribution in [2.75, 3.05) is 24.6 Å². The molecule has 2 aliphatic rings. The summed E-state index contributed by atoms with van der Waals surface area (Å²) in [5.41, 5.74) is 2.32. The Balaban J connectivity index is 1.29. The molecule has 31 heavy (non-hydrogen) atoms. The first-order chi connectivity index (χ1) is 15.2. The maximum absolute atomic E-state index is 5.89. The van der Waals surface area contributed by atoms with Crippen molar-refractivity contribution in [3.63, 3.8) is 0 Å². The first kappa shape index (κ1) is 19.1. The van der Waals surface area contributed by atoms with Crippen molar-refractivity contribution in [1.82, 2.24) is 19.4 Å². The summed E-state index contributed by atoms with van der Waals surface area (Å²) in [6, 6.07) is 10.3. The second-order valence-corrected chi connectivity index (χ2v) is 9.87. The molecule has 0 N–H and O–H groups in total. The van der Waals surface area contributed by atoms with Gasteiger partial charge in [0.25, 0.3) is 0 Å². The molecule has 0 unspecified atom stereocenters. The minimum absolute atomic E-state index is 0.363. The highest BCUT2D eigenvalue weighted by Gasteiger charge is 2.41. The topological polar surface area (TPSA) is 55.6 Å². The number of rotatable bonds is 3. The SMILES string of the molecule is C[C@H]1CC2(CCN(c3ncc(Sc4ccnc5ccccc45)c4nccn34)CC2)CO1. The van der Waals surface area contributed by atoms with E-state index in [1.165, 1.54) is 11.3 Å². The molecule has 4 aromatic rings. The molecule has 0 bridgehead atoms. The molecule has 158 valence electrons. The van der Waals surface area contributed by atoms with Crippen LogP contribution in [0.15, 0.2) is 64.9 Å². The van der Waals surface area contributed by atoms with Gasteiger partial charge in [-0.1, -0.05) is 30.0 Å². The zero-order valence-corrected chi connectivity index (χ0v) is 18.4. The van der Waals surface area contributed by atoms with Crippen LogP contribution >= 0.6 is 11.8 Å². The summed E-state index contributed by atoms with van der Waals surface area (Å²) in [4.78, 5) is 18.7. The molecule has 2 fully saturated rings. The van der Waals surface area contributed by atoms with E-state index in [0.717, 1.165) is 59.9 Å². The number of hydrogen-bond donors (Lipinski definition) is 0. The molecule has 0 amide bonds. The summed E-state index contributed by atoms with van der Waals surface area (Å²) in [7, 11) is 0. The van der Waals surface area contributed by atoms with E-state index in [9.17, 15) is 0 Å². The van der Waals surface area contributed by atoms with Crippen molar-refractivity contribution in [3.05, 3.63) is 55.1 Å². The highest BCUT2D eigenvalue weighted by Crippen LogP contribution is 2.43. The fourth-order valence-corrected chi connectivity index (χ4v) is 6.04. The molecule has 7 heteroatoms. The zero-order chi connectivity index (χ0) is 20.8. The van der Waals surface area contributed by atoms with Gasteiger partial charge in [0, 0.05) is 48.2 Å². The lowest BCUT2D eigenvalue weighted by atomic mass is 9.77. The summed E-state index contributed by atoms with van der Waals surface area (Å²) in [5, 5.41) is 1.15. The number of fused-ring (bicyclic) bond motifs is 2. The molecule has 2 saturated heterocycles. The van der Waals surface area contributed by atoms with Gasteiger partial charge < -0.3 is 9.64 Å². The van der Waals surface area contributed by atoms with E-state index in [-0.39, 0.29) is 0 Å². The van der Waals surface area contributed by atoms with Crippen LogP contribution in [-0.4, -0.2) is 45.2 Å². The number of benzene rings is 1. The second kappa shape index (κ2) is 7.50. The molecule has 0 radical (unpaired) electrons. The standard InChI is InChI=1S/C24H25N5OS/c1-17-14-24(16-30-17)7-11-28(12-8-24)23-27-15-21(22-26-10-13-29(22)23)31-20-6-9-25-19-5-3-2-4-18(19)20/h2-6,9-10,13,15,17H,7-8,11-12,14,16H2,1H3/t17-/m0/s1. The maximum atomic E-state index is 5.89. The van der Waals surface area contributed by atoms with Crippen molar-refractivity contribution in [2.45, 2.75) is 42.1 Å². The van der Waals surface area contributed by atoms with E-state index < -0.39 is 0 Å². The summed E-state index contributed by atoms with van der Waals surface area (Å²) in [5.74, 6) is 0.984. The number of piperidine rings is 1. The molecule has 5 heterocycles. The first-order valence-electron chi connectivity index (χ1n) is 10.9. The Labute approximate surface area is 185 Å². The summed E-state index contributed by atoms with van der Waals surface area (Å²) < 4.78 is 8.03. The fourth-order valence-electron chi connectivity index (χ4n) is 5.04. The van der Waals surface area contributed by atoms with Gasteiger partial charge >= 0.3 is 0 Å². The minimum Gasteiger partial charge on any atom is -0.378 e. The lowest BCUT2D eigenvalue weighted by Gasteiger charge is -2.39. The highest BCUT2D eigenvalue weighted by atomic mass is 32.2. The van der Waals surface area contributed by atoms with E-state index in [1.54, 1.807) is 11.8 Å². The summed E-state index contributed by atoms with van der Waals surface area (Å²) in [6.07, 6.45) is 11.6. The minimum atomic E-state index is 0.363. The van der Waals surface area contributed by atoms with Gasteiger partial charge in [0.1, 0.15) is 0 Å². The van der Waals surface area contributed by atoms with Crippen molar-refractivity contribution in [3.8, 4) is 0 Å². The van der Waals surface area contributed by atoms with Crippen molar-refractivity contribution in [1.29, 1.82) is 0 Å². The van der Waals surface area contributed by atoms with Gasteiger partial charge in [0.05, 0.1) is 23.1 Å². The number of anilines is 1. The van der Waals surface area contributed by atoms with E-state index in [2.05, 4.69) is 44.4 Å². The molecule has 1 spiro atoms. The van der Waals surface area contributed by atoms with Gasteiger partial charge in [-0.05, 0) is 43.7 Å². The number of nitrogens with zero attached hydrogens (tertiary/aromatic N) is 5. The molecule has 0 saturated carbocycles. The zero-order valence-electron chi connectivity index (χ0n) is 17.6. The van der Waals surface area contributed by atoms with Crippen LogP contribution in [0.2, 0.25) is 0 Å². The quantitative estimate of drug-likeness (QED) is 0.463. The predicted octanol–water partition coefficient (Wildman–Crippen LogP) is 4.82. The highest BCUT2D eigenvalue weighted by molar-refractivity contribution is 7.99. The molecule has 1 aromatic carbocycles. The number of hydrogen-bond acceptors (Lipinski definition) is 6. The van der Waals surface area contributed by atoms with Gasteiger partial charge in [0.2, 0.25) is 5.95 Å². The van der Waals surface area contributed by atoms with Crippen LogP contribution in [0.1, 0.15) is 26.2 Å². The maximum Gasteiger partial charge on any atom is 0.211 e. The van der Waals surface area contributed by atoms with Crippen molar-refractivity contribution >= 4 is 34.3 Å². The molecule has 6 nitrogen and oxygen atoms in total. The molecule has 3 aromatic heterocycles. The number of imidazole rings is 1. The Hall–Kier alpha value is -2.64. The third-order valence-corrected chi connectivity index (χ3v) is 7.79. The summed E-state index contributed by atoms with van der Waals surface area (Å²) >= 11 is 1.70. The van der Waals surface area contributed by atoms with Crippen LogP contribution in [0.4, 0.5) is 5.95 Å². The Kier molecular flexibility index (Phi) is 4.61. The average molecular weight is 432 g/mol. The van der Waals surface area contributed by atoms with E-state index in [1.807, 2.05) is 36.9 Å². The molecular formula is C24H25N5OS. The van der Waals surface area contributed by atoms with Crippen LogP contribution in [-0.2, 0) is 4.74 Å². The number of pyridine rings is 1. The van der Waals surface area contributed by atoms with Crippen LogP contribution in [0.5, 0.6) is 0 Å². The van der Waals surface area contributed by atoms with Gasteiger partial charge in [0.15, 0.2) is 5.65 Å². The third kappa shape index (κ3) is 3.36. The van der Waals surface area contributed by atoms with Crippen LogP contribution in [0.25, 0.3) is 16.6 Å². The third-order valence-electron chi connectivity index (χ3n) is 6.70. The largest absolute Gasteiger partial charge is 0.378 e. The molecule has 6 rings (SSSR count). The van der Waals surface area contributed by atoms with E-state index in [4.69, 9.17) is 9.72 Å². The van der Waals surface area contributed by atoms with Gasteiger partial charge in [-0.25, -0.2) is 9.97 Å². The number of para-hydroxylation sites is 1. The van der Waals surface area contributed by atoms with Crippen molar-refractivity contribution < 1.29 is 4.74 Å². The van der Waals surface area contributed by atoms with Gasteiger partial charge in [-0.3, -0.25) is 9.38 Å². The lowest BCUT2D eigenvalue weighted by molar-refractivity contribution is 0.0975. The van der Waals surface area contributed by atoms with Crippen molar-refractivity contribution in [2.24, 2.45) is 5.41 Å². The Morgan fingerprint density at radius 3 is 2.74 bits per heavy atom. The Bertz CT molecular complexity index is 1240. The normalized spacial score (nSPS) is 20.8. The monoisotopic (exact) mass is 431 g/mol. The van der Waals surface area contributed by atoms with Crippen LogP contribution in [0, 0.1) is 5.41 Å². The van der Waals surface area contributed by atoms with Gasteiger partial charge in [-0.2, -0.15) is 0 Å². The number of aromatic nitrogens is 4. The molecular weight excluding hydrogens is 406 g/mol. The smallest absolute Gasteiger partial charge is 0.211 e. The first-order valence-corrected chi connectivity index (χ1v) is 11.7. The fraction of sp³-hybridized carbons (Fsp3) is 0.375. The van der Waals surface area contributed by atoms with E-state index in [0.29, 0.717) is 11.5 Å². The summed E-state index contributed by atoms with van der Waals surface area (Å²) in [6.45, 7) is 5.13. The van der Waals surface area contributed by atoms with E-state index >= 15 is 0 Å². The Morgan fingerprint density at radius 1 is 1.03 bits per heavy atom. The average Bonchev–Trinajstić information content (AvgIpc) is 3.43. The molecule has 2 aliphatic heterocycles. The Morgan fingerprint density at radius 2 is 1.90 bits per heavy atom.